The van der Waals surface area contributed by atoms with E-state index in [1.807, 2.05) is 6.26 Å². The molecule has 108 valence electrons. The molecule has 0 aliphatic rings. The van der Waals surface area contributed by atoms with Gasteiger partial charge in [-0.25, -0.2) is 13.1 Å². The number of nitrogens with one attached hydrogen (secondary N) is 1. The maximum Gasteiger partial charge on any atom is 0.240 e. The Bertz CT molecular complexity index is 544. The molecule has 19 heavy (non-hydrogen) atoms. The van der Waals surface area contributed by atoms with Gasteiger partial charge in [-0.05, 0) is 37.8 Å². The third kappa shape index (κ3) is 4.96. The molecule has 0 fully saturated rings. The summed E-state index contributed by atoms with van der Waals surface area (Å²) in [5.74, 6) is 0.448. The number of hydrogen-bond donors (Lipinski definition) is 2. The van der Waals surface area contributed by atoms with Crippen molar-refractivity contribution < 1.29 is 13.5 Å². The van der Waals surface area contributed by atoms with E-state index in [9.17, 15) is 13.5 Å². The van der Waals surface area contributed by atoms with Crippen molar-refractivity contribution in [3.63, 3.8) is 0 Å². The molecule has 0 saturated carbocycles. The Balaban J connectivity index is 2.90. The molecule has 0 saturated heterocycles. The molecule has 0 aliphatic heterocycles. The van der Waals surface area contributed by atoms with Gasteiger partial charge in [0.15, 0.2) is 0 Å². The second kappa shape index (κ2) is 6.45. The number of thioether (sulfide) groups is 1. The summed E-state index contributed by atoms with van der Waals surface area (Å²) in [6, 6.07) is 4.69. The van der Waals surface area contributed by atoms with Crippen LogP contribution in [0.15, 0.2) is 23.1 Å². The zero-order chi connectivity index (χ0) is 14.7. The molecule has 4 nitrogen and oxygen atoms in total. The number of rotatable bonds is 6. The van der Waals surface area contributed by atoms with Crippen molar-refractivity contribution in [1.29, 1.82) is 0 Å². The van der Waals surface area contributed by atoms with Crippen molar-refractivity contribution in [1.82, 2.24) is 4.72 Å². The predicted octanol–water partition coefficient (Wildman–Crippen LogP) is 2.04. The van der Waals surface area contributed by atoms with Crippen molar-refractivity contribution in [3.05, 3.63) is 28.8 Å². The Hall–Kier alpha value is -0.270. The lowest BCUT2D eigenvalue weighted by molar-refractivity contribution is 0.0908. The van der Waals surface area contributed by atoms with Crippen LogP contribution in [0.3, 0.4) is 0 Å². The zero-order valence-electron chi connectivity index (χ0n) is 11.1. The van der Waals surface area contributed by atoms with Crippen molar-refractivity contribution >= 4 is 33.4 Å². The van der Waals surface area contributed by atoms with E-state index >= 15 is 0 Å². The van der Waals surface area contributed by atoms with Crippen LogP contribution in [0.25, 0.3) is 0 Å². The second-order valence-electron chi connectivity index (χ2n) is 4.66. The number of aliphatic hydroxyl groups is 1. The molecule has 0 bridgehead atoms. The van der Waals surface area contributed by atoms with Crippen LogP contribution in [-0.2, 0) is 10.0 Å². The van der Waals surface area contributed by atoms with Gasteiger partial charge < -0.3 is 5.11 Å². The molecule has 0 aromatic heterocycles. The van der Waals surface area contributed by atoms with Crippen LogP contribution in [0, 0.1) is 6.92 Å². The molecule has 1 aromatic carbocycles. The Morgan fingerprint density at radius 2 is 2.11 bits per heavy atom. The third-order valence-electron chi connectivity index (χ3n) is 2.54. The van der Waals surface area contributed by atoms with Crippen LogP contribution >= 0.6 is 23.4 Å². The predicted molar refractivity (Wildman–Crippen MR) is 80.4 cm³/mol. The first-order chi connectivity index (χ1) is 8.68. The molecule has 0 unspecified atom stereocenters. The molecule has 0 heterocycles. The van der Waals surface area contributed by atoms with E-state index in [2.05, 4.69) is 4.72 Å². The lowest BCUT2D eigenvalue weighted by Gasteiger charge is -2.22. The molecule has 7 heteroatoms. The van der Waals surface area contributed by atoms with Gasteiger partial charge in [-0.2, -0.15) is 11.8 Å². The first-order valence-electron chi connectivity index (χ1n) is 5.65. The van der Waals surface area contributed by atoms with E-state index < -0.39 is 15.6 Å². The molecule has 1 atom stereocenters. The maximum atomic E-state index is 12.2. The van der Waals surface area contributed by atoms with Crippen molar-refractivity contribution in [3.8, 4) is 0 Å². The number of hydrogen-bond acceptors (Lipinski definition) is 4. The molecule has 1 rings (SSSR count). The normalized spacial score (nSPS) is 15.2. The number of halogens is 1. The van der Waals surface area contributed by atoms with Gasteiger partial charge >= 0.3 is 0 Å². The summed E-state index contributed by atoms with van der Waals surface area (Å²) in [7, 11) is -3.67. The van der Waals surface area contributed by atoms with E-state index in [0.29, 0.717) is 16.3 Å². The first kappa shape index (κ1) is 16.8. The highest BCUT2D eigenvalue weighted by Crippen LogP contribution is 2.20. The Morgan fingerprint density at radius 1 is 1.47 bits per heavy atom. The van der Waals surface area contributed by atoms with Crippen molar-refractivity contribution in [2.45, 2.75) is 24.3 Å². The Kier molecular flexibility index (Phi) is 5.70. The first-order valence-corrected chi connectivity index (χ1v) is 8.90. The van der Waals surface area contributed by atoms with Crippen LogP contribution in [0.1, 0.15) is 12.5 Å². The SMILES string of the molecule is CSC[C@@](C)(O)CNS(=O)(=O)c1cc(Cl)ccc1C. The topological polar surface area (TPSA) is 66.4 Å². The van der Waals surface area contributed by atoms with E-state index in [-0.39, 0.29) is 11.4 Å². The maximum absolute atomic E-state index is 12.2. The fraction of sp³-hybridized carbons (Fsp3) is 0.500. The van der Waals surface area contributed by atoms with Gasteiger partial charge in [0.25, 0.3) is 0 Å². The van der Waals surface area contributed by atoms with Gasteiger partial charge in [0.1, 0.15) is 0 Å². The molecule has 0 radical (unpaired) electrons. The highest BCUT2D eigenvalue weighted by molar-refractivity contribution is 7.98. The van der Waals surface area contributed by atoms with Gasteiger partial charge in [0.05, 0.1) is 10.5 Å². The van der Waals surface area contributed by atoms with E-state index in [4.69, 9.17) is 11.6 Å². The summed E-state index contributed by atoms with van der Waals surface area (Å²) in [5.41, 5.74) is -0.472. The van der Waals surface area contributed by atoms with Crippen LogP contribution in [0.5, 0.6) is 0 Å². The standard InChI is InChI=1S/C12H18ClNO3S2/c1-9-4-5-10(13)6-11(9)19(16,17)14-7-12(2,15)8-18-3/h4-6,14-15H,7-8H2,1-3H3/t12-/m0/s1. The van der Waals surface area contributed by atoms with Crippen LogP contribution in [0.2, 0.25) is 5.02 Å². The van der Waals surface area contributed by atoms with E-state index in [0.717, 1.165) is 0 Å². The largest absolute Gasteiger partial charge is 0.388 e. The van der Waals surface area contributed by atoms with Crippen LogP contribution < -0.4 is 4.72 Å². The number of benzene rings is 1. The van der Waals surface area contributed by atoms with Gasteiger partial charge in [0, 0.05) is 17.3 Å². The third-order valence-corrected chi connectivity index (χ3v) is 5.23. The minimum atomic E-state index is -3.67. The average Bonchev–Trinajstić information content (AvgIpc) is 2.30. The summed E-state index contributed by atoms with van der Waals surface area (Å²) in [6.45, 7) is 3.25. The quantitative estimate of drug-likeness (QED) is 0.840. The fourth-order valence-electron chi connectivity index (χ4n) is 1.55. The second-order valence-corrected chi connectivity index (χ2v) is 7.70. The van der Waals surface area contributed by atoms with Crippen LogP contribution in [0.4, 0.5) is 0 Å². The van der Waals surface area contributed by atoms with Gasteiger partial charge in [-0.15, -0.1) is 0 Å². The molecule has 1 aromatic rings. The molecule has 0 aliphatic carbocycles. The highest BCUT2D eigenvalue weighted by atomic mass is 35.5. The lowest BCUT2D eigenvalue weighted by atomic mass is 10.1. The number of sulfonamides is 1. The van der Waals surface area contributed by atoms with Gasteiger partial charge in [-0.3, -0.25) is 0 Å². The smallest absolute Gasteiger partial charge is 0.240 e. The van der Waals surface area contributed by atoms with Crippen molar-refractivity contribution in [2.24, 2.45) is 0 Å². The highest BCUT2D eigenvalue weighted by Gasteiger charge is 2.24. The summed E-state index contributed by atoms with van der Waals surface area (Å²) < 4.78 is 26.8. The monoisotopic (exact) mass is 323 g/mol. The summed E-state index contributed by atoms with van der Waals surface area (Å²) in [4.78, 5) is 0.139. The van der Waals surface area contributed by atoms with Crippen LogP contribution in [-0.4, -0.2) is 37.7 Å². The Labute approximate surface area is 123 Å². The van der Waals surface area contributed by atoms with Gasteiger partial charge in [-0.1, -0.05) is 17.7 Å². The lowest BCUT2D eigenvalue weighted by Crippen LogP contribution is -2.42. The molecular formula is C12H18ClNO3S2. The van der Waals surface area contributed by atoms with Crippen molar-refractivity contribution in [2.75, 3.05) is 18.6 Å². The average molecular weight is 324 g/mol. The fourth-order valence-corrected chi connectivity index (χ4v) is 3.94. The zero-order valence-corrected chi connectivity index (χ0v) is 13.5. The summed E-state index contributed by atoms with van der Waals surface area (Å²) in [5, 5.41) is 10.3. The summed E-state index contributed by atoms with van der Waals surface area (Å²) >= 11 is 7.27. The minimum Gasteiger partial charge on any atom is -0.388 e. The van der Waals surface area contributed by atoms with Gasteiger partial charge in [0.2, 0.25) is 10.0 Å². The Morgan fingerprint density at radius 3 is 2.68 bits per heavy atom. The summed E-state index contributed by atoms with van der Waals surface area (Å²) in [6.07, 6.45) is 1.85. The minimum absolute atomic E-state index is 0.0396. The van der Waals surface area contributed by atoms with E-state index in [1.165, 1.54) is 17.8 Å². The molecule has 0 spiro atoms. The molecular weight excluding hydrogens is 306 g/mol. The molecule has 0 amide bonds. The molecule has 2 N–H and O–H groups in total. The van der Waals surface area contributed by atoms with E-state index in [1.54, 1.807) is 26.0 Å². The number of aryl methyl sites for hydroxylation is 1.